The van der Waals surface area contributed by atoms with Gasteiger partial charge in [0.15, 0.2) is 11.5 Å². The SMILES string of the molecule is CCN1C(=O)S/C(=C\c2cn(CCOc3ccccc3OC)c3ccccc23)C1=O. The Morgan fingerprint density at radius 1 is 1.03 bits per heavy atom. The number of nitrogens with zero attached hydrogens (tertiary/aromatic N) is 2. The predicted octanol–water partition coefficient (Wildman–Crippen LogP) is 4.79. The highest BCUT2D eigenvalue weighted by Gasteiger charge is 2.33. The second-order valence-electron chi connectivity index (χ2n) is 6.72. The number of rotatable bonds is 7. The molecule has 0 unspecified atom stereocenters. The van der Waals surface area contributed by atoms with Gasteiger partial charge in [-0.2, -0.15) is 0 Å². The summed E-state index contributed by atoms with van der Waals surface area (Å²) in [6.45, 7) is 3.27. The molecular formula is C23H22N2O4S. The minimum atomic E-state index is -0.233. The first kappa shape index (κ1) is 20.1. The van der Waals surface area contributed by atoms with Crippen LogP contribution in [0.4, 0.5) is 4.79 Å². The standard InChI is InChI=1S/C23H22N2O4S/c1-3-25-22(26)21(30-23(25)27)14-16-15-24(18-9-5-4-8-17(16)18)12-13-29-20-11-7-6-10-19(20)28-2/h4-11,14-15H,3,12-13H2,1-2H3/b21-14-. The second-order valence-corrected chi connectivity index (χ2v) is 7.71. The number of para-hydroxylation sites is 3. The van der Waals surface area contributed by atoms with E-state index in [1.807, 2.05) is 54.7 Å². The minimum Gasteiger partial charge on any atom is -0.493 e. The summed E-state index contributed by atoms with van der Waals surface area (Å²) in [5, 5.41) is 0.806. The number of methoxy groups -OCH3 is 1. The molecule has 1 aliphatic rings. The molecule has 7 heteroatoms. The van der Waals surface area contributed by atoms with Crippen molar-refractivity contribution in [2.75, 3.05) is 20.3 Å². The van der Waals surface area contributed by atoms with E-state index in [1.54, 1.807) is 20.1 Å². The van der Waals surface area contributed by atoms with Gasteiger partial charge in [-0.1, -0.05) is 30.3 Å². The van der Waals surface area contributed by atoms with E-state index in [0.29, 0.717) is 36.1 Å². The number of likely N-dealkylation sites (N-methyl/N-ethyl adjacent to an activating group) is 1. The molecule has 1 fully saturated rings. The molecule has 1 saturated heterocycles. The zero-order valence-corrected chi connectivity index (χ0v) is 17.6. The molecule has 0 N–H and O–H groups in total. The van der Waals surface area contributed by atoms with Crippen molar-refractivity contribution in [1.82, 2.24) is 9.47 Å². The van der Waals surface area contributed by atoms with Gasteiger partial charge in [-0.3, -0.25) is 14.5 Å². The monoisotopic (exact) mass is 422 g/mol. The molecule has 4 rings (SSSR count). The average molecular weight is 423 g/mol. The van der Waals surface area contributed by atoms with Crippen LogP contribution in [-0.2, 0) is 11.3 Å². The Hall–Kier alpha value is -3.19. The first-order chi connectivity index (χ1) is 14.6. The van der Waals surface area contributed by atoms with E-state index < -0.39 is 0 Å². The van der Waals surface area contributed by atoms with Gasteiger partial charge in [-0.25, -0.2) is 0 Å². The Morgan fingerprint density at radius 3 is 2.50 bits per heavy atom. The number of imide groups is 1. The normalized spacial score (nSPS) is 15.4. The van der Waals surface area contributed by atoms with Crippen LogP contribution in [0, 0.1) is 0 Å². The average Bonchev–Trinajstić information content (AvgIpc) is 3.25. The lowest BCUT2D eigenvalue weighted by atomic mass is 10.1. The summed E-state index contributed by atoms with van der Waals surface area (Å²) in [6, 6.07) is 15.5. The highest BCUT2D eigenvalue weighted by Crippen LogP contribution is 2.34. The van der Waals surface area contributed by atoms with Crippen molar-refractivity contribution in [3.63, 3.8) is 0 Å². The van der Waals surface area contributed by atoms with Crippen molar-refractivity contribution >= 4 is 39.9 Å². The largest absolute Gasteiger partial charge is 0.493 e. The molecule has 1 aliphatic heterocycles. The number of carbonyl (C=O) groups excluding carboxylic acids is 2. The molecule has 2 aromatic carbocycles. The highest BCUT2D eigenvalue weighted by molar-refractivity contribution is 8.18. The van der Waals surface area contributed by atoms with Crippen LogP contribution >= 0.6 is 11.8 Å². The molecule has 154 valence electrons. The summed E-state index contributed by atoms with van der Waals surface area (Å²) in [7, 11) is 1.62. The van der Waals surface area contributed by atoms with Gasteiger partial charge in [0.2, 0.25) is 0 Å². The van der Waals surface area contributed by atoms with Crippen LogP contribution in [0.1, 0.15) is 12.5 Å². The van der Waals surface area contributed by atoms with Crippen molar-refractivity contribution in [2.24, 2.45) is 0 Å². The third-order valence-corrected chi connectivity index (χ3v) is 5.86. The van der Waals surface area contributed by atoms with Gasteiger partial charge in [0.05, 0.1) is 18.6 Å². The van der Waals surface area contributed by atoms with E-state index in [-0.39, 0.29) is 11.1 Å². The maximum atomic E-state index is 12.5. The lowest BCUT2D eigenvalue weighted by molar-refractivity contribution is -0.122. The van der Waals surface area contributed by atoms with Gasteiger partial charge in [0.1, 0.15) is 6.61 Å². The molecule has 0 bridgehead atoms. The third-order valence-electron chi connectivity index (χ3n) is 4.95. The fraction of sp³-hybridized carbons (Fsp3) is 0.217. The van der Waals surface area contributed by atoms with Crippen molar-refractivity contribution in [3.8, 4) is 11.5 Å². The Balaban J connectivity index is 1.58. The van der Waals surface area contributed by atoms with Crippen LogP contribution in [-0.4, -0.2) is 40.9 Å². The summed E-state index contributed by atoms with van der Waals surface area (Å²) >= 11 is 0.989. The molecule has 6 nitrogen and oxygen atoms in total. The van der Waals surface area contributed by atoms with Gasteiger partial charge in [-0.05, 0) is 43.0 Å². The third kappa shape index (κ3) is 3.80. The van der Waals surface area contributed by atoms with E-state index in [4.69, 9.17) is 9.47 Å². The van der Waals surface area contributed by atoms with Gasteiger partial charge < -0.3 is 14.0 Å². The van der Waals surface area contributed by atoms with Crippen LogP contribution in [0.15, 0.2) is 59.6 Å². The smallest absolute Gasteiger partial charge is 0.293 e. The molecule has 30 heavy (non-hydrogen) atoms. The van der Waals surface area contributed by atoms with Crippen LogP contribution in [0.3, 0.4) is 0 Å². The molecule has 0 aliphatic carbocycles. The topological polar surface area (TPSA) is 60.8 Å². The number of fused-ring (bicyclic) bond motifs is 1. The maximum absolute atomic E-state index is 12.5. The molecular weight excluding hydrogens is 400 g/mol. The van der Waals surface area contributed by atoms with Crippen molar-refractivity contribution in [2.45, 2.75) is 13.5 Å². The molecule has 0 spiro atoms. The minimum absolute atomic E-state index is 0.220. The summed E-state index contributed by atoms with van der Waals surface area (Å²) < 4.78 is 13.3. The van der Waals surface area contributed by atoms with Gasteiger partial charge >= 0.3 is 0 Å². The first-order valence-electron chi connectivity index (χ1n) is 9.71. The number of hydrogen-bond acceptors (Lipinski definition) is 5. The first-order valence-corrected chi connectivity index (χ1v) is 10.5. The van der Waals surface area contributed by atoms with E-state index >= 15 is 0 Å². The van der Waals surface area contributed by atoms with E-state index in [1.165, 1.54) is 4.90 Å². The van der Waals surface area contributed by atoms with Crippen LogP contribution in [0.5, 0.6) is 11.5 Å². The van der Waals surface area contributed by atoms with Gasteiger partial charge in [0.25, 0.3) is 11.1 Å². The lowest BCUT2D eigenvalue weighted by Gasteiger charge is -2.11. The number of carbonyl (C=O) groups is 2. The molecule has 1 aromatic heterocycles. The summed E-state index contributed by atoms with van der Waals surface area (Å²) in [4.78, 5) is 26.2. The van der Waals surface area contributed by atoms with Gasteiger partial charge in [0, 0.05) is 29.2 Å². The zero-order chi connectivity index (χ0) is 21.1. The Kier molecular flexibility index (Phi) is 5.81. The molecule has 0 saturated carbocycles. The van der Waals surface area contributed by atoms with E-state index in [0.717, 1.165) is 28.2 Å². The van der Waals surface area contributed by atoms with Gasteiger partial charge in [-0.15, -0.1) is 0 Å². The molecule has 0 atom stereocenters. The predicted molar refractivity (Wildman–Crippen MR) is 119 cm³/mol. The van der Waals surface area contributed by atoms with E-state index in [9.17, 15) is 9.59 Å². The molecule has 2 heterocycles. The second kappa shape index (κ2) is 8.67. The van der Waals surface area contributed by atoms with Crippen LogP contribution in [0.25, 0.3) is 17.0 Å². The van der Waals surface area contributed by atoms with Crippen molar-refractivity contribution < 1.29 is 19.1 Å². The van der Waals surface area contributed by atoms with Crippen molar-refractivity contribution in [3.05, 3.63) is 65.2 Å². The fourth-order valence-electron chi connectivity index (χ4n) is 3.48. The van der Waals surface area contributed by atoms with Crippen LogP contribution < -0.4 is 9.47 Å². The summed E-state index contributed by atoms with van der Waals surface area (Å²) in [5.41, 5.74) is 1.95. The van der Waals surface area contributed by atoms with Crippen molar-refractivity contribution in [1.29, 1.82) is 0 Å². The summed E-state index contributed by atoms with van der Waals surface area (Å²) in [6.07, 6.45) is 3.80. The zero-order valence-electron chi connectivity index (χ0n) is 16.8. The number of amides is 2. The maximum Gasteiger partial charge on any atom is 0.293 e. The number of benzene rings is 2. The Labute approximate surface area is 179 Å². The fourth-order valence-corrected chi connectivity index (χ4v) is 4.37. The number of thioether (sulfide) groups is 1. The molecule has 2 amide bonds. The Bertz CT molecular complexity index is 1140. The number of hydrogen-bond donors (Lipinski definition) is 0. The lowest BCUT2D eigenvalue weighted by Crippen LogP contribution is -2.27. The van der Waals surface area contributed by atoms with Crippen LogP contribution in [0.2, 0.25) is 0 Å². The quantitative estimate of drug-likeness (QED) is 0.513. The number of aromatic nitrogens is 1. The molecule has 3 aromatic rings. The molecule has 0 radical (unpaired) electrons. The number of ether oxygens (including phenoxy) is 2. The highest BCUT2D eigenvalue weighted by atomic mass is 32.2. The van der Waals surface area contributed by atoms with E-state index in [2.05, 4.69) is 4.57 Å². The Morgan fingerprint density at radius 2 is 1.77 bits per heavy atom. The summed E-state index contributed by atoms with van der Waals surface area (Å²) in [5.74, 6) is 1.16.